The van der Waals surface area contributed by atoms with Crippen LogP contribution in [0.5, 0.6) is 0 Å². The molecule has 15 heavy (non-hydrogen) atoms. The first kappa shape index (κ1) is 4.28. The van der Waals surface area contributed by atoms with E-state index in [0.717, 1.165) is 6.20 Å². The molecule has 2 heterocycles. The predicted octanol–water partition coefficient (Wildman–Crippen LogP) is 1.16. The highest BCUT2D eigenvalue weighted by molar-refractivity contribution is 5.74. The number of rotatable bonds is 3. The number of carbonyl (C=O) groups is 1. The van der Waals surface area contributed by atoms with E-state index in [1.807, 2.05) is 0 Å². The van der Waals surface area contributed by atoms with E-state index in [9.17, 15) is 4.79 Å². The van der Waals surface area contributed by atoms with Gasteiger partial charge in [-0.15, -0.1) is 0 Å². The van der Waals surface area contributed by atoms with Gasteiger partial charge in [0, 0.05) is 33.1 Å². The second kappa shape index (κ2) is 4.04. The van der Waals surface area contributed by atoms with Crippen molar-refractivity contribution in [3.8, 4) is 0 Å². The summed E-state index contributed by atoms with van der Waals surface area (Å²) in [4.78, 5) is 15.8. The monoisotopic (exact) mass is 216 g/mol. The highest BCUT2D eigenvalue weighted by Gasteiger charge is 2.35. The molecule has 1 aromatic heterocycles. The molecule has 1 aliphatic rings. The Labute approximate surface area is 100 Å². The first-order valence-electron chi connectivity index (χ1n) is 8.42. The lowest BCUT2D eigenvalue weighted by Gasteiger charge is -2.12. The summed E-state index contributed by atoms with van der Waals surface area (Å²) in [5.41, 5.74) is -0.0770. The number of hydrogen-bond donors (Lipinski definition) is 0. The lowest BCUT2D eigenvalue weighted by Crippen LogP contribution is -2.18. The summed E-state index contributed by atoms with van der Waals surface area (Å²) in [5, 5.41) is 0. The molecule has 0 aromatic carbocycles. The van der Waals surface area contributed by atoms with Gasteiger partial charge in [-0.05, 0) is 12.8 Å². The van der Waals surface area contributed by atoms with Crippen LogP contribution in [-0.2, 0) is 23.0 Å². The molecule has 0 spiro atoms. The summed E-state index contributed by atoms with van der Waals surface area (Å²) in [6.07, 6.45) is -1.13. The Hall–Kier alpha value is -1.32. The summed E-state index contributed by atoms with van der Waals surface area (Å²) >= 11 is 0. The molecule has 0 radical (unpaired) electrons. The number of imidazole rings is 1. The molecule has 0 bridgehead atoms. The van der Waals surface area contributed by atoms with Crippen LogP contribution in [0.15, 0.2) is 12.5 Å². The molecule has 0 saturated carbocycles. The predicted molar refractivity (Wildman–Crippen MR) is 55.1 cm³/mol. The van der Waals surface area contributed by atoms with Gasteiger partial charge in [-0.1, -0.05) is 6.85 Å². The second-order valence-corrected chi connectivity index (χ2v) is 3.18. The van der Waals surface area contributed by atoms with E-state index in [4.69, 9.17) is 11.0 Å². The van der Waals surface area contributed by atoms with Crippen molar-refractivity contribution in [3.63, 3.8) is 0 Å². The topological polar surface area (TPSA) is 44.1 Å². The van der Waals surface area contributed by atoms with Gasteiger partial charge < -0.3 is 9.30 Å². The van der Waals surface area contributed by atoms with Crippen molar-refractivity contribution >= 4 is 5.97 Å². The number of carbonyl (C=O) groups excluding carboxylic acids is 1. The van der Waals surface area contributed by atoms with Gasteiger partial charge in [0.05, 0.1) is 21.5 Å². The zero-order valence-corrected chi connectivity index (χ0v) is 8.15. The number of cyclic esters (lactones) is 1. The normalized spacial score (nSPS) is 43.5. The number of aryl methyl sites for hydroxylation is 1. The lowest BCUT2D eigenvalue weighted by atomic mass is 9.89. The Bertz CT molecular complexity index is 626. The Kier molecular flexibility index (Phi) is 1.15. The largest absolute Gasteiger partial charge is 0.465 e. The molecule has 4 nitrogen and oxygen atoms in total. The third-order valence-electron chi connectivity index (χ3n) is 2.18. The number of ether oxygens (including phenoxy) is 1. The van der Waals surface area contributed by atoms with E-state index in [0.29, 0.717) is 0 Å². The second-order valence-electron chi connectivity index (χ2n) is 3.18. The van der Waals surface area contributed by atoms with Crippen LogP contribution >= 0.6 is 0 Å². The van der Waals surface area contributed by atoms with Gasteiger partial charge in [-0.2, -0.15) is 0 Å². The fraction of sp³-hybridized carbons (Fsp3) is 0.636. The number of esters is 1. The van der Waals surface area contributed by atoms with Crippen LogP contribution in [0.4, 0.5) is 0 Å². The van der Waals surface area contributed by atoms with Crippen molar-refractivity contribution in [3.05, 3.63) is 18.2 Å². The molecule has 1 aliphatic heterocycles. The van der Waals surface area contributed by atoms with Gasteiger partial charge >= 0.3 is 5.97 Å². The zero-order valence-electron chi connectivity index (χ0n) is 16.2. The molecule has 1 fully saturated rings. The molecule has 0 N–H and O–H groups in total. The molecule has 0 aliphatic carbocycles. The average molecular weight is 216 g/mol. The van der Waals surface area contributed by atoms with Gasteiger partial charge in [-0.25, -0.2) is 4.98 Å². The van der Waals surface area contributed by atoms with Crippen LogP contribution < -0.4 is 0 Å². The van der Waals surface area contributed by atoms with Gasteiger partial charge in [0.15, 0.2) is 0 Å². The number of hydrogen-bond acceptors (Lipinski definition) is 3. The van der Waals surface area contributed by atoms with E-state index in [1.165, 1.54) is 17.9 Å². The summed E-state index contributed by atoms with van der Waals surface area (Å²) in [6.45, 7) is -5.54. The van der Waals surface area contributed by atoms with E-state index >= 15 is 0 Å². The first-order valence-corrected chi connectivity index (χ1v) is 4.42. The minimum absolute atomic E-state index is 0.0770. The van der Waals surface area contributed by atoms with Crippen LogP contribution in [0.1, 0.15) is 29.9 Å². The van der Waals surface area contributed by atoms with Crippen LogP contribution in [0.25, 0.3) is 0 Å². The quantitative estimate of drug-likeness (QED) is 0.712. The highest BCUT2D eigenvalue weighted by atomic mass is 16.5. The number of aromatic nitrogens is 2. The first-order chi connectivity index (χ1) is 10.2. The molecule has 2 atom stereocenters. The number of nitrogens with zero attached hydrogens (tertiary/aromatic N) is 2. The Morgan fingerprint density at radius 2 is 2.87 bits per heavy atom. The Morgan fingerprint density at radius 3 is 3.53 bits per heavy atom. The summed E-state index contributed by atoms with van der Waals surface area (Å²) in [7, 11) is 1.47. The molecule has 0 unspecified atom stereocenters. The molecule has 1 aromatic rings. The zero-order chi connectivity index (χ0) is 17.8. The van der Waals surface area contributed by atoms with Crippen molar-refractivity contribution in [2.45, 2.75) is 19.6 Å². The van der Waals surface area contributed by atoms with Gasteiger partial charge in [-0.3, -0.25) is 4.79 Å². The fourth-order valence-electron chi connectivity index (χ4n) is 1.30. The van der Waals surface area contributed by atoms with Crippen LogP contribution in [0, 0.1) is 11.8 Å². The van der Waals surface area contributed by atoms with Gasteiger partial charge in [0.1, 0.15) is 0 Å². The molecule has 1 saturated heterocycles. The molecule has 4 heteroatoms. The third kappa shape index (κ3) is 1.89. The van der Waals surface area contributed by atoms with Gasteiger partial charge in [0.2, 0.25) is 0 Å². The molecular formula is C11H16N2O2. The van der Waals surface area contributed by atoms with E-state index in [2.05, 4.69) is 9.72 Å². The summed E-state index contributed by atoms with van der Waals surface area (Å²) in [6, 6.07) is 0. The minimum Gasteiger partial charge on any atom is -0.465 e. The molecular weight excluding hydrogens is 192 g/mol. The smallest absolute Gasteiger partial charge is 0.309 e. The SMILES string of the molecule is [2H]C([2H])([2H])C[C@]1([2H])C(=O)OC([2H])([2H])[C@@H]1C([2H])([2H])c1cncn1C. The molecule has 0 amide bonds. The molecule has 2 rings (SSSR count). The van der Waals surface area contributed by atoms with E-state index < -0.39 is 44.0 Å². The van der Waals surface area contributed by atoms with Crippen molar-refractivity contribution in [2.24, 2.45) is 18.9 Å². The Balaban J connectivity index is 2.59. The van der Waals surface area contributed by atoms with Crippen molar-refractivity contribution in [2.75, 3.05) is 6.56 Å². The maximum atomic E-state index is 12.0. The summed E-state index contributed by atoms with van der Waals surface area (Å²) < 4.78 is 68.1. The maximum Gasteiger partial charge on any atom is 0.309 e. The average Bonchev–Trinajstić information content (AvgIpc) is 2.77. The molecule has 82 valence electrons. The van der Waals surface area contributed by atoms with Crippen LogP contribution in [0.3, 0.4) is 0 Å². The van der Waals surface area contributed by atoms with Crippen molar-refractivity contribution in [1.82, 2.24) is 9.55 Å². The lowest BCUT2D eigenvalue weighted by molar-refractivity contribution is -0.141. The van der Waals surface area contributed by atoms with Gasteiger partial charge in [0.25, 0.3) is 0 Å². The van der Waals surface area contributed by atoms with Crippen LogP contribution in [-0.4, -0.2) is 22.1 Å². The summed E-state index contributed by atoms with van der Waals surface area (Å²) in [5.74, 6) is -5.93. The van der Waals surface area contributed by atoms with Crippen LogP contribution in [0.2, 0.25) is 0 Å². The van der Waals surface area contributed by atoms with Crippen molar-refractivity contribution in [1.29, 1.82) is 0 Å². The van der Waals surface area contributed by atoms with E-state index in [-0.39, 0.29) is 5.69 Å². The third-order valence-corrected chi connectivity index (χ3v) is 2.18. The maximum absolute atomic E-state index is 12.0. The van der Waals surface area contributed by atoms with Crippen molar-refractivity contribution < 1.29 is 20.5 Å². The Morgan fingerprint density at radius 1 is 2.00 bits per heavy atom. The van der Waals surface area contributed by atoms with E-state index in [1.54, 1.807) is 0 Å². The minimum atomic E-state index is -2.82. The fourth-order valence-corrected chi connectivity index (χ4v) is 1.30. The highest BCUT2D eigenvalue weighted by Crippen LogP contribution is 2.27. The standard InChI is InChI=1S/C11H16N2O2/c1-3-10-8(6-15-11(10)14)4-9-5-12-7-13(9)2/h5,7-8,10H,3-4,6H2,1-2H3/t8-,10-/m0/s1/i1D3,4D2,6D2,10D.